The van der Waals surface area contributed by atoms with Crippen molar-refractivity contribution in [1.29, 1.82) is 0 Å². The summed E-state index contributed by atoms with van der Waals surface area (Å²) in [6, 6.07) is 1.26. The molecule has 2 aliphatic rings. The molecule has 1 amide bonds. The van der Waals surface area contributed by atoms with Gasteiger partial charge in [0.1, 0.15) is 0 Å². The van der Waals surface area contributed by atoms with Crippen molar-refractivity contribution in [3.63, 3.8) is 0 Å². The zero-order valence-electron chi connectivity index (χ0n) is 18.9. The number of carbonyl (C=O) groups is 1. The number of nitrogens with one attached hydrogen (secondary N) is 1. The van der Waals surface area contributed by atoms with Crippen molar-refractivity contribution in [2.45, 2.75) is 90.6 Å². The van der Waals surface area contributed by atoms with E-state index in [9.17, 15) is 4.79 Å². The van der Waals surface area contributed by atoms with Crippen LogP contribution in [0.2, 0.25) is 0 Å². The van der Waals surface area contributed by atoms with E-state index in [0.29, 0.717) is 18.0 Å². The highest BCUT2D eigenvalue weighted by atomic mass is 16.2. The molecule has 0 bridgehead atoms. The maximum Gasteiger partial charge on any atom is 0.222 e. The first kappa shape index (κ1) is 23.6. The number of piperidine rings is 1. The summed E-state index contributed by atoms with van der Waals surface area (Å²) in [5.74, 6) is 0.385. The first-order valence-electron chi connectivity index (χ1n) is 12.1. The molecule has 0 unspecified atom stereocenters. The summed E-state index contributed by atoms with van der Waals surface area (Å²) in [6.45, 7) is 15.8. The second-order valence-corrected chi connectivity index (χ2v) is 9.12. The van der Waals surface area contributed by atoms with Crippen LogP contribution >= 0.6 is 0 Å². The zero-order valence-corrected chi connectivity index (χ0v) is 18.9. The van der Waals surface area contributed by atoms with Crippen LogP contribution in [0.4, 0.5) is 0 Å². The summed E-state index contributed by atoms with van der Waals surface area (Å²) in [7, 11) is 0. The molecular weight excluding hydrogens is 348 g/mol. The lowest BCUT2D eigenvalue weighted by molar-refractivity contribution is -0.133. The van der Waals surface area contributed by atoms with Crippen molar-refractivity contribution >= 4 is 5.91 Å². The van der Waals surface area contributed by atoms with E-state index in [-0.39, 0.29) is 0 Å². The molecular formula is C23H46N4O. The molecule has 28 heavy (non-hydrogen) atoms. The third kappa shape index (κ3) is 8.79. The quantitative estimate of drug-likeness (QED) is 0.515. The van der Waals surface area contributed by atoms with Gasteiger partial charge in [-0.25, -0.2) is 0 Å². The van der Waals surface area contributed by atoms with Gasteiger partial charge in [-0.05, 0) is 45.2 Å². The average molecular weight is 395 g/mol. The fourth-order valence-corrected chi connectivity index (χ4v) is 4.54. The SMILES string of the molecule is CCCCCN1CCN(C2CCN(C(=O)CCCCCNC(C)C)CC2)CC1. The highest BCUT2D eigenvalue weighted by molar-refractivity contribution is 5.76. The first-order chi connectivity index (χ1) is 13.6. The summed E-state index contributed by atoms with van der Waals surface area (Å²) < 4.78 is 0. The molecule has 164 valence electrons. The summed E-state index contributed by atoms with van der Waals surface area (Å²) in [5, 5.41) is 3.45. The Morgan fingerprint density at radius 3 is 2.29 bits per heavy atom. The molecule has 0 spiro atoms. The van der Waals surface area contributed by atoms with E-state index in [2.05, 4.69) is 40.8 Å². The minimum atomic E-state index is 0.385. The van der Waals surface area contributed by atoms with Crippen molar-refractivity contribution in [3.8, 4) is 0 Å². The maximum absolute atomic E-state index is 12.5. The van der Waals surface area contributed by atoms with Crippen molar-refractivity contribution in [2.75, 3.05) is 52.4 Å². The summed E-state index contributed by atoms with van der Waals surface area (Å²) >= 11 is 0. The van der Waals surface area contributed by atoms with Crippen LogP contribution in [0.25, 0.3) is 0 Å². The fraction of sp³-hybridized carbons (Fsp3) is 0.957. The van der Waals surface area contributed by atoms with Gasteiger partial charge in [0, 0.05) is 57.8 Å². The second kappa shape index (κ2) is 13.6. The molecule has 0 atom stereocenters. The van der Waals surface area contributed by atoms with E-state index >= 15 is 0 Å². The lowest BCUT2D eigenvalue weighted by Crippen LogP contribution is -2.53. The Kier molecular flexibility index (Phi) is 11.4. The molecule has 2 rings (SSSR count). The molecule has 5 heteroatoms. The lowest BCUT2D eigenvalue weighted by atomic mass is 10.0. The van der Waals surface area contributed by atoms with E-state index in [0.717, 1.165) is 38.9 Å². The van der Waals surface area contributed by atoms with E-state index < -0.39 is 0 Å². The Morgan fingerprint density at radius 1 is 0.929 bits per heavy atom. The smallest absolute Gasteiger partial charge is 0.222 e. The third-order valence-corrected chi connectivity index (χ3v) is 6.44. The monoisotopic (exact) mass is 394 g/mol. The van der Waals surface area contributed by atoms with Crippen molar-refractivity contribution in [2.24, 2.45) is 0 Å². The molecule has 2 fully saturated rings. The number of carbonyl (C=O) groups excluding carboxylic acids is 1. The molecule has 5 nitrogen and oxygen atoms in total. The fourth-order valence-electron chi connectivity index (χ4n) is 4.54. The third-order valence-electron chi connectivity index (χ3n) is 6.44. The van der Waals surface area contributed by atoms with Gasteiger partial charge in [-0.1, -0.05) is 40.0 Å². The maximum atomic E-state index is 12.5. The van der Waals surface area contributed by atoms with Crippen LogP contribution in [0.5, 0.6) is 0 Å². The molecule has 0 radical (unpaired) electrons. The van der Waals surface area contributed by atoms with Crippen molar-refractivity contribution < 1.29 is 4.79 Å². The van der Waals surface area contributed by atoms with E-state index in [4.69, 9.17) is 0 Å². The highest BCUT2D eigenvalue weighted by Crippen LogP contribution is 2.19. The number of piperazine rings is 1. The number of hydrogen-bond acceptors (Lipinski definition) is 4. The summed E-state index contributed by atoms with van der Waals surface area (Å²) in [6.07, 6.45) is 10.5. The molecule has 2 saturated heterocycles. The van der Waals surface area contributed by atoms with E-state index in [1.54, 1.807) is 0 Å². The molecule has 2 heterocycles. The molecule has 0 aromatic rings. The molecule has 0 aromatic heterocycles. The Balaban J connectivity index is 1.54. The van der Waals surface area contributed by atoms with Gasteiger partial charge in [0.25, 0.3) is 0 Å². The van der Waals surface area contributed by atoms with Crippen molar-refractivity contribution in [3.05, 3.63) is 0 Å². The Bertz CT molecular complexity index is 413. The van der Waals surface area contributed by atoms with Crippen LogP contribution in [0.3, 0.4) is 0 Å². The zero-order chi connectivity index (χ0) is 20.2. The lowest BCUT2D eigenvalue weighted by Gasteiger charge is -2.43. The Hall–Kier alpha value is -0.650. The second-order valence-electron chi connectivity index (χ2n) is 9.12. The van der Waals surface area contributed by atoms with Crippen LogP contribution in [-0.4, -0.2) is 85.0 Å². The van der Waals surface area contributed by atoms with Gasteiger partial charge in [-0.15, -0.1) is 0 Å². The predicted octanol–water partition coefficient (Wildman–Crippen LogP) is 3.34. The van der Waals surface area contributed by atoms with Crippen LogP contribution in [0.1, 0.15) is 78.6 Å². The van der Waals surface area contributed by atoms with Crippen LogP contribution < -0.4 is 5.32 Å². The predicted molar refractivity (Wildman–Crippen MR) is 119 cm³/mol. The van der Waals surface area contributed by atoms with Crippen LogP contribution in [0.15, 0.2) is 0 Å². The Morgan fingerprint density at radius 2 is 1.64 bits per heavy atom. The molecule has 2 aliphatic heterocycles. The summed E-state index contributed by atoms with van der Waals surface area (Å²) in [5.41, 5.74) is 0. The number of rotatable bonds is 12. The molecule has 0 saturated carbocycles. The summed E-state index contributed by atoms with van der Waals surface area (Å²) in [4.78, 5) is 19.9. The first-order valence-corrected chi connectivity index (χ1v) is 12.1. The number of likely N-dealkylation sites (tertiary alicyclic amines) is 1. The van der Waals surface area contributed by atoms with Crippen LogP contribution in [0, 0.1) is 0 Å². The number of nitrogens with zero attached hydrogens (tertiary/aromatic N) is 3. The molecule has 0 aromatic carbocycles. The topological polar surface area (TPSA) is 38.8 Å². The minimum absolute atomic E-state index is 0.385. The molecule has 1 N–H and O–H groups in total. The Labute approximate surface area is 174 Å². The van der Waals surface area contributed by atoms with Gasteiger partial charge < -0.3 is 15.1 Å². The average Bonchev–Trinajstić information content (AvgIpc) is 2.71. The van der Waals surface area contributed by atoms with Gasteiger partial charge in [0.15, 0.2) is 0 Å². The van der Waals surface area contributed by atoms with Crippen LogP contribution in [-0.2, 0) is 4.79 Å². The van der Waals surface area contributed by atoms with Gasteiger partial charge >= 0.3 is 0 Å². The minimum Gasteiger partial charge on any atom is -0.343 e. The normalized spacial score (nSPS) is 20.2. The molecule has 0 aliphatic carbocycles. The van der Waals surface area contributed by atoms with E-state index in [1.165, 1.54) is 71.2 Å². The largest absolute Gasteiger partial charge is 0.343 e. The van der Waals surface area contributed by atoms with Gasteiger partial charge in [0.2, 0.25) is 5.91 Å². The number of unbranched alkanes of at least 4 members (excludes halogenated alkanes) is 4. The van der Waals surface area contributed by atoms with Gasteiger partial charge in [0.05, 0.1) is 0 Å². The van der Waals surface area contributed by atoms with Gasteiger partial charge in [-0.3, -0.25) is 9.69 Å². The number of amides is 1. The number of hydrogen-bond donors (Lipinski definition) is 1. The van der Waals surface area contributed by atoms with Gasteiger partial charge in [-0.2, -0.15) is 0 Å². The van der Waals surface area contributed by atoms with Crippen molar-refractivity contribution in [1.82, 2.24) is 20.0 Å². The van der Waals surface area contributed by atoms with E-state index in [1.807, 2.05) is 0 Å². The standard InChI is InChI=1S/C23H46N4O/c1-4-5-9-14-25-17-19-26(20-18-25)22-11-15-27(16-12-22)23(28)10-7-6-8-13-24-21(2)3/h21-22,24H,4-20H2,1-3H3. The highest BCUT2D eigenvalue weighted by Gasteiger charge is 2.28.